The van der Waals surface area contributed by atoms with E-state index in [0.717, 1.165) is 31.0 Å². The van der Waals surface area contributed by atoms with Crippen molar-refractivity contribution in [1.29, 1.82) is 0 Å². The summed E-state index contributed by atoms with van der Waals surface area (Å²) in [5, 5.41) is 6.41. The maximum atomic E-state index is 13.1. The fourth-order valence-corrected chi connectivity index (χ4v) is 1.56. The van der Waals surface area contributed by atoms with Gasteiger partial charge in [0, 0.05) is 13.1 Å². The number of guanidine groups is 1. The van der Waals surface area contributed by atoms with Crippen molar-refractivity contribution in [1.82, 2.24) is 10.6 Å². The van der Waals surface area contributed by atoms with Gasteiger partial charge in [-0.1, -0.05) is 19.1 Å². The van der Waals surface area contributed by atoms with Gasteiger partial charge in [-0.2, -0.15) is 0 Å². The number of rotatable bonds is 5. The molecule has 0 aliphatic rings. The van der Waals surface area contributed by atoms with Crippen LogP contribution in [-0.2, 0) is 6.54 Å². The fraction of sp³-hybridized carbons (Fsp3) is 0.500. The number of nitrogens with zero attached hydrogens (tertiary/aromatic N) is 1. The zero-order valence-corrected chi connectivity index (χ0v) is 11.4. The molecule has 1 aromatic rings. The standard InChI is InChI=1S/C14H22FN3/c1-4-8-17-14(16-5-2)18-10-12-6-7-13(15)11(3)9-12/h6-7,9H,4-5,8,10H2,1-3H3,(H2,16,17,18). The van der Waals surface area contributed by atoms with Crippen LogP contribution in [0, 0.1) is 12.7 Å². The third-order valence-corrected chi connectivity index (χ3v) is 2.53. The minimum atomic E-state index is -0.168. The summed E-state index contributed by atoms with van der Waals surface area (Å²) in [5.74, 6) is 0.639. The number of benzene rings is 1. The van der Waals surface area contributed by atoms with E-state index in [2.05, 4.69) is 22.5 Å². The number of hydrogen-bond acceptors (Lipinski definition) is 1. The van der Waals surface area contributed by atoms with E-state index in [1.54, 1.807) is 13.0 Å². The van der Waals surface area contributed by atoms with Gasteiger partial charge in [0.25, 0.3) is 0 Å². The number of halogens is 1. The van der Waals surface area contributed by atoms with E-state index in [0.29, 0.717) is 12.1 Å². The molecule has 0 amide bonds. The molecule has 4 heteroatoms. The topological polar surface area (TPSA) is 36.4 Å². The number of hydrogen-bond donors (Lipinski definition) is 2. The molecule has 3 nitrogen and oxygen atoms in total. The van der Waals surface area contributed by atoms with Crippen molar-refractivity contribution in [3.8, 4) is 0 Å². The second-order valence-corrected chi connectivity index (χ2v) is 4.21. The first-order valence-electron chi connectivity index (χ1n) is 6.44. The van der Waals surface area contributed by atoms with Crippen LogP contribution in [0.1, 0.15) is 31.4 Å². The first-order valence-corrected chi connectivity index (χ1v) is 6.44. The summed E-state index contributed by atoms with van der Waals surface area (Å²) in [6.45, 7) is 8.20. The molecule has 0 aromatic heterocycles. The fourth-order valence-electron chi connectivity index (χ4n) is 1.56. The lowest BCUT2D eigenvalue weighted by molar-refractivity contribution is 0.617. The molecule has 0 spiro atoms. The maximum absolute atomic E-state index is 13.1. The van der Waals surface area contributed by atoms with Gasteiger partial charge in [0.1, 0.15) is 5.82 Å². The molecule has 0 saturated heterocycles. The van der Waals surface area contributed by atoms with Crippen LogP contribution in [0.2, 0.25) is 0 Å². The second kappa shape index (κ2) is 7.69. The molecule has 0 radical (unpaired) electrons. The predicted octanol–water partition coefficient (Wildman–Crippen LogP) is 2.60. The lowest BCUT2D eigenvalue weighted by Crippen LogP contribution is -2.37. The monoisotopic (exact) mass is 251 g/mol. The molecule has 0 unspecified atom stereocenters. The van der Waals surface area contributed by atoms with Gasteiger partial charge in [-0.05, 0) is 37.5 Å². The Morgan fingerprint density at radius 1 is 1.28 bits per heavy atom. The Morgan fingerprint density at radius 2 is 2.06 bits per heavy atom. The average Bonchev–Trinajstić information content (AvgIpc) is 2.37. The van der Waals surface area contributed by atoms with Gasteiger partial charge >= 0.3 is 0 Å². The average molecular weight is 251 g/mol. The molecule has 0 fully saturated rings. The van der Waals surface area contributed by atoms with Crippen molar-refractivity contribution in [2.75, 3.05) is 13.1 Å². The molecule has 1 aromatic carbocycles. The van der Waals surface area contributed by atoms with Crippen molar-refractivity contribution in [3.05, 3.63) is 35.1 Å². The Labute approximate surface area is 109 Å². The quantitative estimate of drug-likeness (QED) is 0.623. The van der Waals surface area contributed by atoms with E-state index in [4.69, 9.17) is 0 Å². The Kier molecular flexibility index (Phi) is 6.19. The van der Waals surface area contributed by atoms with Crippen LogP contribution in [0.5, 0.6) is 0 Å². The number of aryl methyl sites for hydroxylation is 1. The highest BCUT2D eigenvalue weighted by Crippen LogP contribution is 2.09. The third-order valence-electron chi connectivity index (χ3n) is 2.53. The molecule has 18 heavy (non-hydrogen) atoms. The Bertz CT molecular complexity index is 402. The highest BCUT2D eigenvalue weighted by atomic mass is 19.1. The van der Waals surface area contributed by atoms with E-state index in [1.165, 1.54) is 6.07 Å². The molecule has 0 bridgehead atoms. The predicted molar refractivity (Wildman–Crippen MR) is 74.2 cm³/mol. The summed E-state index contributed by atoms with van der Waals surface area (Å²) in [6.07, 6.45) is 1.06. The van der Waals surface area contributed by atoms with Crippen LogP contribution in [0.25, 0.3) is 0 Å². The summed E-state index contributed by atoms with van der Waals surface area (Å²) >= 11 is 0. The molecule has 0 atom stereocenters. The van der Waals surface area contributed by atoms with Crippen LogP contribution in [-0.4, -0.2) is 19.0 Å². The largest absolute Gasteiger partial charge is 0.357 e. The van der Waals surface area contributed by atoms with Crippen molar-refractivity contribution in [2.24, 2.45) is 4.99 Å². The van der Waals surface area contributed by atoms with Gasteiger partial charge in [-0.15, -0.1) is 0 Å². The van der Waals surface area contributed by atoms with Crippen molar-refractivity contribution in [2.45, 2.75) is 33.7 Å². The summed E-state index contributed by atoms with van der Waals surface area (Å²) in [6, 6.07) is 5.10. The lowest BCUT2D eigenvalue weighted by atomic mass is 10.1. The zero-order chi connectivity index (χ0) is 13.4. The van der Waals surface area contributed by atoms with Gasteiger partial charge in [0.2, 0.25) is 0 Å². The van der Waals surface area contributed by atoms with Crippen molar-refractivity contribution in [3.63, 3.8) is 0 Å². The van der Waals surface area contributed by atoms with E-state index >= 15 is 0 Å². The van der Waals surface area contributed by atoms with Crippen molar-refractivity contribution < 1.29 is 4.39 Å². The van der Waals surface area contributed by atoms with E-state index < -0.39 is 0 Å². The molecule has 0 aliphatic carbocycles. The van der Waals surface area contributed by atoms with Crippen LogP contribution >= 0.6 is 0 Å². The van der Waals surface area contributed by atoms with Crippen molar-refractivity contribution >= 4 is 5.96 Å². The number of aliphatic imine (C=N–C) groups is 1. The molecule has 100 valence electrons. The Morgan fingerprint density at radius 3 is 2.67 bits per heavy atom. The SMILES string of the molecule is CCCNC(=NCc1ccc(F)c(C)c1)NCC. The summed E-state index contributed by atoms with van der Waals surface area (Å²) < 4.78 is 13.1. The summed E-state index contributed by atoms with van der Waals surface area (Å²) in [4.78, 5) is 4.46. The van der Waals surface area contributed by atoms with E-state index in [9.17, 15) is 4.39 Å². The Hall–Kier alpha value is -1.58. The smallest absolute Gasteiger partial charge is 0.191 e. The minimum Gasteiger partial charge on any atom is -0.357 e. The van der Waals surface area contributed by atoms with E-state index in [1.807, 2.05) is 13.0 Å². The summed E-state index contributed by atoms with van der Waals surface area (Å²) in [5.41, 5.74) is 1.68. The van der Waals surface area contributed by atoms with E-state index in [-0.39, 0.29) is 5.82 Å². The zero-order valence-electron chi connectivity index (χ0n) is 11.4. The molecule has 0 aliphatic heterocycles. The Balaban J connectivity index is 2.65. The van der Waals surface area contributed by atoms with Gasteiger partial charge in [0.15, 0.2) is 5.96 Å². The molecule has 0 heterocycles. The molecule has 0 saturated carbocycles. The maximum Gasteiger partial charge on any atom is 0.191 e. The second-order valence-electron chi connectivity index (χ2n) is 4.21. The van der Waals surface area contributed by atoms with Crippen LogP contribution in [0.4, 0.5) is 4.39 Å². The summed E-state index contributed by atoms with van der Waals surface area (Å²) in [7, 11) is 0. The molecule has 1 rings (SSSR count). The lowest BCUT2D eigenvalue weighted by Gasteiger charge is -2.10. The normalized spacial score (nSPS) is 11.4. The number of nitrogens with one attached hydrogen (secondary N) is 2. The van der Waals surface area contributed by atoms with Crippen LogP contribution < -0.4 is 10.6 Å². The van der Waals surface area contributed by atoms with Gasteiger partial charge in [-0.25, -0.2) is 9.38 Å². The van der Waals surface area contributed by atoms with Crippen LogP contribution in [0.15, 0.2) is 23.2 Å². The first kappa shape index (κ1) is 14.5. The molecular formula is C14H22FN3. The molecular weight excluding hydrogens is 229 g/mol. The van der Waals surface area contributed by atoms with Gasteiger partial charge < -0.3 is 10.6 Å². The van der Waals surface area contributed by atoms with Gasteiger partial charge in [0.05, 0.1) is 6.54 Å². The van der Waals surface area contributed by atoms with Crippen LogP contribution in [0.3, 0.4) is 0 Å². The van der Waals surface area contributed by atoms with Gasteiger partial charge in [-0.3, -0.25) is 0 Å². The molecule has 2 N–H and O–H groups in total. The highest BCUT2D eigenvalue weighted by molar-refractivity contribution is 5.79. The third kappa shape index (κ3) is 4.73. The minimum absolute atomic E-state index is 0.168. The first-order chi connectivity index (χ1) is 8.67. The highest BCUT2D eigenvalue weighted by Gasteiger charge is 2.00.